The molecule has 0 radical (unpaired) electrons. The molecular weight excluding hydrogens is 220 g/mol. The first-order valence-corrected chi connectivity index (χ1v) is 7.18. The number of hydrogen-bond acceptors (Lipinski definition) is 2. The summed E-state index contributed by atoms with van der Waals surface area (Å²) in [5, 5.41) is 6.99. The maximum absolute atomic E-state index is 3.59. The molecule has 2 N–H and O–H groups in total. The van der Waals surface area contributed by atoms with Gasteiger partial charge in [0.2, 0.25) is 0 Å². The molecule has 1 aromatic carbocycles. The van der Waals surface area contributed by atoms with Crippen LogP contribution in [0.25, 0.3) is 0 Å². The maximum Gasteiger partial charge on any atom is 0.0444 e. The van der Waals surface area contributed by atoms with Crippen molar-refractivity contribution >= 4 is 0 Å². The van der Waals surface area contributed by atoms with Gasteiger partial charge in [0.25, 0.3) is 0 Å². The average molecular weight is 246 g/mol. The molecule has 0 heterocycles. The molecule has 1 atom stereocenters. The molecule has 1 aliphatic rings. The normalized spacial score (nSPS) is 17.1. The van der Waals surface area contributed by atoms with Gasteiger partial charge >= 0.3 is 0 Å². The molecule has 0 saturated heterocycles. The van der Waals surface area contributed by atoms with Gasteiger partial charge in [0, 0.05) is 18.6 Å². The van der Waals surface area contributed by atoms with Crippen molar-refractivity contribution in [1.82, 2.24) is 10.6 Å². The lowest BCUT2D eigenvalue weighted by Crippen LogP contribution is -2.30. The van der Waals surface area contributed by atoms with Gasteiger partial charge in [-0.2, -0.15) is 0 Å². The van der Waals surface area contributed by atoms with Gasteiger partial charge < -0.3 is 10.6 Å². The Morgan fingerprint density at radius 1 is 1.17 bits per heavy atom. The lowest BCUT2D eigenvalue weighted by molar-refractivity contribution is 0.526. The molecule has 1 saturated carbocycles. The second-order valence-electron chi connectivity index (χ2n) is 5.86. The first kappa shape index (κ1) is 13.6. The van der Waals surface area contributed by atoms with Crippen molar-refractivity contribution in [1.29, 1.82) is 0 Å². The minimum Gasteiger partial charge on any atom is -0.312 e. The predicted octanol–water partition coefficient (Wildman–Crippen LogP) is 2.90. The van der Waals surface area contributed by atoms with Gasteiger partial charge in [0.05, 0.1) is 0 Å². The van der Waals surface area contributed by atoms with Gasteiger partial charge in [0.1, 0.15) is 0 Å². The highest BCUT2D eigenvalue weighted by atomic mass is 15.0. The zero-order valence-corrected chi connectivity index (χ0v) is 11.9. The quantitative estimate of drug-likeness (QED) is 0.773. The lowest BCUT2D eigenvalue weighted by Gasteiger charge is -2.18. The number of rotatable bonds is 7. The third-order valence-electron chi connectivity index (χ3n) is 3.56. The second kappa shape index (κ2) is 6.35. The Morgan fingerprint density at radius 3 is 2.33 bits per heavy atom. The van der Waals surface area contributed by atoms with Crippen LogP contribution in [0.15, 0.2) is 24.3 Å². The molecule has 0 bridgehead atoms. The average Bonchev–Trinajstić information content (AvgIpc) is 3.15. The zero-order valence-electron chi connectivity index (χ0n) is 11.9. The largest absolute Gasteiger partial charge is 0.312 e. The molecule has 100 valence electrons. The Labute approximate surface area is 111 Å². The van der Waals surface area contributed by atoms with Gasteiger partial charge in [-0.25, -0.2) is 0 Å². The third kappa shape index (κ3) is 4.11. The van der Waals surface area contributed by atoms with Crippen molar-refractivity contribution in [3.05, 3.63) is 35.4 Å². The van der Waals surface area contributed by atoms with Gasteiger partial charge in [-0.3, -0.25) is 0 Å². The molecule has 2 heteroatoms. The summed E-state index contributed by atoms with van der Waals surface area (Å²) >= 11 is 0. The Balaban J connectivity index is 1.92. The van der Waals surface area contributed by atoms with E-state index in [9.17, 15) is 0 Å². The zero-order chi connectivity index (χ0) is 13.0. The molecule has 0 aromatic heterocycles. The van der Waals surface area contributed by atoms with E-state index in [1.807, 2.05) is 7.05 Å². The van der Waals surface area contributed by atoms with E-state index in [1.165, 1.54) is 30.4 Å². The Bertz CT molecular complexity index is 352. The lowest BCUT2D eigenvalue weighted by atomic mass is 9.99. The van der Waals surface area contributed by atoms with Crippen LogP contribution in [-0.4, -0.2) is 19.6 Å². The van der Waals surface area contributed by atoms with Crippen molar-refractivity contribution < 1.29 is 0 Å². The first-order valence-electron chi connectivity index (χ1n) is 7.18. The minimum atomic E-state index is 0.429. The molecule has 1 unspecified atom stereocenters. The minimum absolute atomic E-state index is 0.429. The highest BCUT2D eigenvalue weighted by Gasteiger charge is 2.21. The van der Waals surface area contributed by atoms with E-state index in [-0.39, 0.29) is 0 Å². The van der Waals surface area contributed by atoms with Crippen molar-refractivity contribution in [2.45, 2.75) is 45.2 Å². The van der Waals surface area contributed by atoms with Gasteiger partial charge in [0.15, 0.2) is 0 Å². The van der Waals surface area contributed by atoms with Crippen LogP contribution in [0.5, 0.6) is 0 Å². The summed E-state index contributed by atoms with van der Waals surface area (Å²) in [6, 6.07) is 10.3. The fourth-order valence-electron chi connectivity index (χ4n) is 2.32. The van der Waals surface area contributed by atoms with Gasteiger partial charge in [-0.1, -0.05) is 38.1 Å². The Kier molecular flexibility index (Phi) is 4.79. The number of likely N-dealkylation sites (N-methyl/N-ethyl adjacent to an activating group) is 1. The molecule has 0 amide bonds. The standard InChI is InChI=1S/C16H26N2/c1-12(2)10-13-4-6-14(7-5-13)16(17-3)11-18-15-8-9-15/h4-7,12,15-18H,8-11H2,1-3H3. The van der Waals surface area contributed by atoms with Crippen LogP contribution in [0.3, 0.4) is 0 Å². The predicted molar refractivity (Wildman–Crippen MR) is 77.8 cm³/mol. The summed E-state index contributed by atoms with van der Waals surface area (Å²) in [5.74, 6) is 0.729. The Hall–Kier alpha value is -0.860. The smallest absolute Gasteiger partial charge is 0.0444 e. The molecular formula is C16H26N2. The van der Waals surface area contributed by atoms with Gasteiger partial charge in [-0.15, -0.1) is 0 Å². The van der Waals surface area contributed by atoms with E-state index in [2.05, 4.69) is 48.7 Å². The number of hydrogen-bond donors (Lipinski definition) is 2. The SMILES string of the molecule is CNC(CNC1CC1)c1ccc(CC(C)C)cc1. The van der Waals surface area contributed by atoms with E-state index < -0.39 is 0 Å². The molecule has 1 aliphatic carbocycles. The van der Waals surface area contributed by atoms with Crippen LogP contribution in [0, 0.1) is 5.92 Å². The van der Waals surface area contributed by atoms with Crippen molar-refractivity contribution in [3.63, 3.8) is 0 Å². The summed E-state index contributed by atoms with van der Waals surface area (Å²) in [5.41, 5.74) is 2.83. The molecule has 1 aromatic rings. The van der Waals surface area contributed by atoms with Crippen LogP contribution in [0.1, 0.15) is 43.9 Å². The van der Waals surface area contributed by atoms with Crippen molar-refractivity contribution in [2.75, 3.05) is 13.6 Å². The fourth-order valence-corrected chi connectivity index (χ4v) is 2.32. The van der Waals surface area contributed by atoms with E-state index >= 15 is 0 Å². The molecule has 18 heavy (non-hydrogen) atoms. The second-order valence-corrected chi connectivity index (χ2v) is 5.86. The van der Waals surface area contributed by atoms with Crippen LogP contribution in [-0.2, 0) is 6.42 Å². The van der Waals surface area contributed by atoms with Crippen LogP contribution >= 0.6 is 0 Å². The fraction of sp³-hybridized carbons (Fsp3) is 0.625. The third-order valence-corrected chi connectivity index (χ3v) is 3.56. The van der Waals surface area contributed by atoms with E-state index in [0.29, 0.717) is 6.04 Å². The molecule has 1 fully saturated rings. The van der Waals surface area contributed by atoms with Crippen LogP contribution < -0.4 is 10.6 Å². The van der Waals surface area contributed by atoms with E-state index in [0.717, 1.165) is 18.5 Å². The topological polar surface area (TPSA) is 24.1 Å². The summed E-state index contributed by atoms with van der Waals surface area (Å²) in [7, 11) is 2.04. The van der Waals surface area contributed by atoms with Crippen molar-refractivity contribution in [2.24, 2.45) is 5.92 Å². The van der Waals surface area contributed by atoms with Crippen molar-refractivity contribution in [3.8, 4) is 0 Å². The molecule has 0 aliphatic heterocycles. The first-order chi connectivity index (χ1) is 8.69. The van der Waals surface area contributed by atoms with Gasteiger partial charge in [-0.05, 0) is 43.4 Å². The van der Waals surface area contributed by atoms with E-state index in [1.54, 1.807) is 0 Å². The van der Waals surface area contributed by atoms with Crippen LogP contribution in [0.2, 0.25) is 0 Å². The summed E-state index contributed by atoms with van der Waals surface area (Å²) in [6.45, 7) is 5.57. The molecule has 2 nitrogen and oxygen atoms in total. The summed E-state index contributed by atoms with van der Waals surface area (Å²) in [4.78, 5) is 0. The maximum atomic E-state index is 3.59. The van der Waals surface area contributed by atoms with Crippen LogP contribution in [0.4, 0.5) is 0 Å². The Morgan fingerprint density at radius 2 is 1.83 bits per heavy atom. The highest BCUT2D eigenvalue weighted by Crippen LogP contribution is 2.20. The molecule has 0 spiro atoms. The number of benzene rings is 1. The highest BCUT2D eigenvalue weighted by molar-refractivity contribution is 5.25. The monoisotopic (exact) mass is 246 g/mol. The number of nitrogens with one attached hydrogen (secondary N) is 2. The summed E-state index contributed by atoms with van der Waals surface area (Å²) in [6.07, 6.45) is 3.87. The summed E-state index contributed by atoms with van der Waals surface area (Å²) < 4.78 is 0. The van der Waals surface area contributed by atoms with E-state index in [4.69, 9.17) is 0 Å². The molecule has 2 rings (SSSR count).